The van der Waals surface area contributed by atoms with Gasteiger partial charge in [-0.25, -0.2) is 9.18 Å². The van der Waals surface area contributed by atoms with E-state index in [4.69, 9.17) is 9.47 Å². The van der Waals surface area contributed by atoms with Gasteiger partial charge in [0, 0.05) is 23.9 Å². The van der Waals surface area contributed by atoms with Crippen LogP contribution in [0.1, 0.15) is 34.1 Å². The molecule has 5 nitrogen and oxygen atoms in total. The Hall–Kier alpha value is -2.29. The molecule has 1 unspecified atom stereocenters. The Morgan fingerprint density at radius 2 is 2.06 bits per heavy atom. The minimum absolute atomic E-state index is 0.0216. The van der Waals surface area contributed by atoms with Crippen LogP contribution in [0.25, 0.3) is 21.3 Å². The van der Waals surface area contributed by atoms with Crippen molar-refractivity contribution in [2.24, 2.45) is 5.92 Å². The first kappa shape index (κ1) is 20.6. The highest BCUT2D eigenvalue weighted by Crippen LogP contribution is 2.44. The zero-order chi connectivity index (χ0) is 21.5. The highest BCUT2D eigenvalue weighted by Gasteiger charge is 2.33. The maximum absolute atomic E-state index is 15.7. The van der Waals surface area contributed by atoms with E-state index in [1.807, 2.05) is 28.8 Å². The number of aromatic nitrogens is 2. The molecule has 0 saturated carbocycles. The van der Waals surface area contributed by atoms with E-state index in [2.05, 4.69) is 33.0 Å². The van der Waals surface area contributed by atoms with E-state index in [0.717, 1.165) is 39.7 Å². The summed E-state index contributed by atoms with van der Waals surface area (Å²) in [5.41, 5.74) is 3.03. The number of thiophene rings is 1. The number of fused-ring (bicyclic) bond motifs is 3. The number of esters is 1. The molecule has 1 aliphatic heterocycles. The number of hydrogen-bond acceptors (Lipinski definition) is 5. The van der Waals surface area contributed by atoms with Crippen LogP contribution in [0.2, 0.25) is 0 Å². The molecule has 4 aromatic rings. The van der Waals surface area contributed by atoms with Gasteiger partial charge < -0.3 is 14.0 Å². The molecular weight excluding hydrogens is 483 g/mol. The fourth-order valence-electron chi connectivity index (χ4n) is 4.51. The molecule has 0 aliphatic carbocycles. The average Bonchev–Trinajstić information content (AvgIpc) is 3.29. The van der Waals surface area contributed by atoms with Gasteiger partial charge in [-0.3, -0.25) is 4.98 Å². The third-order valence-corrected chi connectivity index (χ3v) is 7.45. The lowest BCUT2D eigenvalue weighted by Gasteiger charge is -2.33. The van der Waals surface area contributed by atoms with E-state index in [1.165, 1.54) is 7.11 Å². The van der Waals surface area contributed by atoms with Crippen LogP contribution in [0.3, 0.4) is 0 Å². The number of pyridine rings is 1. The Morgan fingerprint density at radius 1 is 1.32 bits per heavy atom. The van der Waals surface area contributed by atoms with Crippen molar-refractivity contribution in [1.82, 2.24) is 9.55 Å². The van der Waals surface area contributed by atoms with Gasteiger partial charge in [-0.2, -0.15) is 0 Å². The molecule has 1 saturated heterocycles. The lowest BCUT2D eigenvalue weighted by Crippen LogP contribution is -2.27. The largest absolute Gasteiger partial charge is 0.465 e. The molecular formula is C23H20BrFN2O3S. The molecule has 3 aromatic heterocycles. The van der Waals surface area contributed by atoms with Crippen LogP contribution < -0.4 is 0 Å². The van der Waals surface area contributed by atoms with E-state index in [9.17, 15) is 4.79 Å². The molecule has 0 spiro atoms. The van der Waals surface area contributed by atoms with E-state index >= 15 is 4.39 Å². The van der Waals surface area contributed by atoms with Crippen LogP contribution in [0.15, 0.2) is 47.1 Å². The molecule has 4 heterocycles. The van der Waals surface area contributed by atoms with Crippen LogP contribution in [-0.2, 0) is 9.47 Å². The minimum Gasteiger partial charge on any atom is -0.465 e. The molecule has 0 bridgehead atoms. The van der Waals surface area contributed by atoms with Crippen LogP contribution in [-0.4, -0.2) is 35.8 Å². The molecule has 8 heteroatoms. The molecule has 160 valence electrons. The fourth-order valence-corrected chi connectivity index (χ4v) is 5.93. The van der Waals surface area contributed by atoms with Crippen molar-refractivity contribution in [3.63, 3.8) is 0 Å². The van der Waals surface area contributed by atoms with Gasteiger partial charge in [0.05, 0.1) is 28.9 Å². The Balaban J connectivity index is 1.85. The lowest BCUT2D eigenvalue weighted by atomic mass is 9.86. The number of ether oxygens (including phenoxy) is 2. The number of nitrogens with zero attached hydrogens (tertiary/aromatic N) is 2. The summed E-state index contributed by atoms with van der Waals surface area (Å²) < 4.78 is 29.7. The van der Waals surface area contributed by atoms with Crippen molar-refractivity contribution in [1.29, 1.82) is 0 Å². The number of hydrogen-bond donors (Lipinski definition) is 0. The van der Waals surface area contributed by atoms with Crippen LogP contribution in [0, 0.1) is 11.7 Å². The molecule has 1 aromatic carbocycles. The van der Waals surface area contributed by atoms with Gasteiger partial charge in [0.25, 0.3) is 0 Å². The third kappa shape index (κ3) is 3.46. The van der Waals surface area contributed by atoms with E-state index < -0.39 is 11.8 Å². The van der Waals surface area contributed by atoms with Crippen molar-refractivity contribution in [3.8, 4) is 0 Å². The summed E-state index contributed by atoms with van der Waals surface area (Å²) >= 11 is 4.62. The highest BCUT2D eigenvalue weighted by atomic mass is 79.9. The van der Waals surface area contributed by atoms with Crippen molar-refractivity contribution in [2.45, 2.75) is 18.9 Å². The Bertz CT molecular complexity index is 1260. The van der Waals surface area contributed by atoms with Crippen molar-refractivity contribution < 1.29 is 18.7 Å². The van der Waals surface area contributed by atoms with Crippen LogP contribution in [0.4, 0.5) is 4.39 Å². The molecule has 1 aliphatic rings. The van der Waals surface area contributed by atoms with E-state index in [0.29, 0.717) is 28.9 Å². The number of rotatable bonds is 4. The molecule has 0 N–H and O–H groups in total. The van der Waals surface area contributed by atoms with Gasteiger partial charge in [0.2, 0.25) is 0 Å². The molecule has 0 radical (unpaired) electrons. The number of carbonyl (C=O) groups is 1. The van der Waals surface area contributed by atoms with E-state index in [-0.39, 0.29) is 16.8 Å². The van der Waals surface area contributed by atoms with Gasteiger partial charge in [-0.15, -0.1) is 11.3 Å². The summed E-state index contributed by atoms with van der Waals surface area (Å²) in [5.74, 6) is -0.957. The molecule has 1 fully saturated rings. The Labute approximate surface area is 190 Å². The maximum Gasteiger partial charge on any atom is 0.351 e. The first-order valence-electron chi connectivity index (χ1n) is 10.1. The van der Waals surface area contributed by atoms with Gasteiger partial charge >= 0.3 is 5.97 Å². The molecule has 0 amide bonds. The first-order chi connectivity index (χ1) is 15.1. The fraction of sp³-hybridized carbons (Fsp3) is 0.304. The van der Waals surface area contributed by atoms with E-state index in [1.54, 1.807) is 6.20 Å². The quantitative estimate of drug-likeness (QED) is 0.323. The van der Waals surface area contributed by atoms with Crippen molar-refractivity contribution in [2.75, 3.05) is 20.3 Å². The number of methoxy groups -OCH3 is 1. The minimum atomic E-state index is -0.669. The predicted octanol–water partition coefficient (Wildman–Crippen LogP) is 5.96. The van der Waals surface area contributed by atoms with Crippen LogP contribution >= 0.6 is 27.3 Å². The predicted molar refractivity (Wildman–Crippen MR) is 122 cm³/mol. The third-order valence-electron chi connectivity index (χ3n) is 5.88. The zero-order valence-corrected chi connectivity index (χ0v) is 19.2. The summed E-state index contributed by atoms with van der Waals surface area (Å²) in [7, 11) is 1.27. The normalized spacial score (nSPS) is 16.1. The molecule has 31 heavy (non-hydrogen) atoms. The van der Waals surface area contributed by atoms with Crippen molar-refractivity contribution >= 4 is 54.5 Å². The number of benzene rings is 1. The smallest absolute Gasteiger partial charge is 0.351 e. The second kappa shape index (κ2) is 8.33. The second-order valence-corrected chi connectivity index (χ2v) is 9.55. The Kier molecular flexibility index (Phi) is 5.54. The summed E-state index contributed by atoms with van der Waals surface area (Å²) in [6.45, 7) is 1.36. The van der Waals surface area contributed by atoms with Gasteiger partial charge in [0.15, 0.2) is 10.7 Å². The average molecular weight is 503 g/mol. The standard InChI is InChI=1S/C23H20BrFN2O3S/c1-29-23(28)21-17(25)20-22(31-21)18-16(11-15(24)12-26-18)27(20)19(13-5-3-2-4-6-13)14-7-9-30-10-8-14/h2-6,11-12,14,19H,7-10H2,1H3. The summed E-state index contributed by atoms with van der Waals surface area (Å²) in [6.07, 6.45) is 3.45. The van der Waals surface area contributed by atoms with Gasteiger partial charge in [-0.1, -0.05) is 30.3 Å². The van der Waals surface area contributed by atoms with Gasteiger partial charge in [-0.05, 0) is 46.3 Å². The first-order valence-corrected chi connectivity index (χ1v) is 11.7. The molecule has 1 atom stereocenters. The Morgan fingerprint density at radius 3 is 2.77 bits per heavy atom. The second-order valence-electron chi connectivity index (χ2n) is 7.61. The maximum atomic E-state index is 15.7. The highest BCUT2D eigenvalue weighted by molar-refractivity contribution is 9.10. The van der Waals surface area contributed by atoms with Gasteiger partial charge in [0.1, 0.15) is 5.52 Å². The summed E-state index contributed by atoms with van der Waals surface area (Å²) in [5, 5.41) is 0. The SMILES string of the molecule is COC(=O)c1sc2c3ncc(Br)cc3n(C(c3ccccc3)C3CCOCC3)c2c1F. The molecule has 5 rings (SSSR count). The summed E-state index contributed by atoms with van der Waals surface area (Å²) in [4.78, 5) is 16.8. The monoisotopic (exact) mass is 502 g/mol. The lowest BCUT2D eigenvalue weighted by molar-refractivity contribution is 0.0552. The summed E-state index contributed by atoms with van der Waals surface area (Å²) in [6, 6.07) is 12.0. The van der Waals surface area contributed by atoms with Crippen molar-refractivity contribution in [3.05, 3.63) is 63.3 Å². The topological polar surface area (TPSA) is 53.3 Å². The van der Waals surface area contributed by atoms with Crippen LogP contribution in [0.5, 0.6) is 0 Å². The number of halogens is 2. The zero-order valence-electron chi connectivity index (χ0n) is 16.8. The number of carbonyl (C=O) groups excluding carboxylic acids is 1.